The first-order chi connectivity index (χ1) is 10.1. The summed E-state index contributed by atoms with van der Waals surface area (Å²) in [6, 6.07) is 16.2. The van der Waals surface area contributed by atoms with Crippen LogP contribution in [0.5, 0.6) is 0 Å². The van der Waals surface area contributed by atoms with Gasteiger partial charge in [-0.1, -0.05) is 42.5 Å². The molecule has 2 rings (SSSR count). The van der Waals surface area contributed by atoms with E-state index in [1.165, 1.54) is 0 Å². The molecule has 0 aliphatic carbocycles. The number of amides is 2. The van der Waals surface area contributed by atoms with Gasteiger partial charge in [0.15, 0.2) is 0 Å². The van der Waals surface area contributed by atoms with Gasteiger partial charge in [-0.15, -0.1) is 0 Å². The molecule has 4 heteroatoms. The highest BCUT2D eigenvalue weighted by atomic mass is 16.2. The number of benzene rings is 2. The van der Waals surface area contributed by atoms with E-state index < -0.39 is 5.91 Å². The van der Waals surface area contributed by atoms with E-state index >= 15 is 0 Å². The smallest absolute Gasteiger partial charge is 0.251 e. The molecule has 21 heavy (non-hydrogen) atoms. The van der Waals surface area contributed by atoms with Crippen LogP contribution in [0, 0.1) is 0 Å². The molecule has 0 saturated carbocycles. The van der Waals surface area contributed by atoms with Gasteiger partial charge in [0.25, 0.3) is 11.8 Å². The van der Waals surface area contributed by atoms with Gasteiger partial charge in [-0.05, 0) is 30.7 Å². The Bertz CT molecular complexity index is 691. The van der Waals surface area contributed by atoms with Crippen molar-refractivity contribution in [1.82, 2.24) is 0 Å². The summed E-state index contributed by atoms with van der Waals surface area (Å²) in [4.78, 5) is 23.5. The first kappa shape index (κ1) is 14.5. The lowest BCUT2D eigenvalue weighted by Crippen LogP contribution is -2.18. The Balaban J connectivity index is 2.19. The summed E-state index contributed by atoms with van der Waals surface area (Å²) in [6.45, 7) is 1.72. The maximum Gasteiger partial charge on any atom is 0.251 e. The number of para-hydroxylation sites is 1. The SMILES string of the molecule is C/C(=C/c1ccccc1)C(=O)Nc1ccccc1C(N)=O. The van der Waals surface area contributed by atoms with E-state index in [0.29, 0.717) is 16.8 Å². The molecule has 0 spiro atoms. The lowest BCUT2D eigenvalue weighted by Gasteiger charge is -2.09. The van der Waals surface area contributed by atoms with Crippen LogP contribution in [0.1, 0.15) is 22.8 Å². The first-order valence-electron chi connectivity index (χ1n) is 6.51. The third kappa shape index (κ3) is 3.79. The Hall–Kier alpha value is -2.88. The number of carbonyl (C=O) groups is 2. The van der Waals surface area contributed by atoms with Crippen LogP contribution in [0.25, 0.3) is 6.08 Å². The van der Waals surface area contributed by atoms with Crippen LogP contribution >= 0.6 is 0 Å². The van der Waals surface area contributed by atoms with Crippen LogP contribution in [0.3, 0.4) is 0 Å². The van der Waals surface area contributed by atoms with Crippen molar-refractivity contribution < 1.29 is 9.59 Å². The number of nitrogens with one attached hydrogen (secondary N) is 1. The fourth-order valence-corrected chi connectivity index (χ4v) is 1.89. The third-order valence-electron chi connectivity index (χ3n) is 2.98. The first-order valence-corrected chi connectivity index (χ1v) is 6.51. The normalized spacial score (nSPS) is 11.0. The van der Waals surface area contributed by atoms with Crippen molar-refractivity contribution in [3.8, 4) is 0 Å². The van der Waals surface area contributed by atoms with Crippen molar-refractivity contribution in [2.45, 2.75) is 6.92 Å². The molecule has 0 aliphatic rings. The van der Waals surface area contributed by atoms with Gasteiger partial charge in [0.2, 0.25) is 0 Å². The summed E-state index contributed by atoms with van der Waals surface area (Å²) < 4.78 is 0. The van der Waals surface area contributed by atoms with Crippen LogP contribution in [-0.2, 0) is 4.79 Å². The Morgan fingerprint density at radius 3 is 2.29 bits per heavy atom. The minimum absolute atomic E-state index is 0.271. The molecule has 106 valence electrons. The topological polar surface area (TPSA) is 72.2 Å². The number of rotatable bonds is 4. The predicted molar refractivity (Wildman–Crippen MR) is 83.7 cm³/mol. The van der Waals surface area contributed by atoms with Crippen molar-refractivity contribution in [3.05, 3.63) is 71.3 Å². The van der Waals surface area contributed by atoms with Gasteiger partial charge in [0.05, 0.1) is 11.3 Å². The van der Waals surface area contributed by atoms with Gasteiger partial charge in [0.1, 0.15) is 0 Å². The molecule has 0 aliphatic heterocycles. The van der Waals surface area contributed by atoms with Crippen LogP contribution in [0.4, 0.5) is 5.69 Å². The van der Waals surface area contributed by atoms with E-state index in [2.05, 4.69) is 5.32 Å². The Morgan fingerprint density at radius 2 is 1.62 bits per heavy atom. The fraction of sp³-hybridized carbons (Fsp3) is 0.0588. The monoisotopic (exact) mass is 280 g/mol. The second-order valence-electron chi connectivity index (χ2n) is 4.60. The number of hydrogen-bond donors (Lipinski definition) is 2. The molecule has 0 bridgehead atoms. The third-order valence-corrected chi connectivity index (χ3v) is 2.98. The minimum atomic E-state index is -0.574. The highest BCUT2D eigenvalue weighted by Gasteiger charge is 2.11. The average molecular weight is 280 g/mol. The average Bonchev–Trinajstić information content (AvgIpc) is 2.48. The highest BCUT2D eigenvalue weighted by Crippen LogP contribution is 2.16. The minimum Gasteiger partial charge on any atom is -0.366 e. The maximum atomic E-state index is 12.2. The van der Waals surface area contributed by atoms with Crippen molar-refractivity contribution in [2.24, 2.45) is 5.73 Å². The van der Waals surface area contributed by atoms with E-state index in [-0.39, 0.29) is 5.91 Å². The van der Waals surface area contributed by atoms with Gasteiger partial charge in [0, 0.05) is 5.57 Å². The molecule has 2 aromatic rings. The number of carbonyl (C=O) groups excluding carboxylic acids is 2. The van der Waals surface area contributed by atoms with Crippen molar-refractivity contribution in [3.63, 3.8) is 0 Å². The van der Waals surface area contributed by atoms with Crippen molar-refractivity contribution in [1.29, 1.82) is 0 Å². The molecule has 2 amide bonds. The van der Waals surface area contributed by atoms with E-state index in [1.54, 1.807) is 37.3 Å². The molecular weight excluding hydrogens is 264 g/mol. The van der Waals surface area contributed by atoms with E-state index in [0.717, 1.165) is 5.56 Å². The molecule has 0 fully saturated rings. The molecule has 0 unspecified atom stereocenters. The molecule has 2 aromatic carbocycles. The molecule has 4 nitrogen and oxygen atoms in total. The number of primary amides is 1. The van der Waals surface area contributed by atoms with E-state index in [1.807, 2.05) is 30.3 Å². The summed E-state index contributed by atoms with van der Waals surface area (Å²) in [5.41, 5.74) is 7.47. The van der Waals surface area contributed by atoms with Gasteiger partial charge in [-0.3, -0.25) is 9.59 Å². The second kappa shape index (κ2) is 6.52. The molecule has 0 radical (unpaired) electrons. The summed E-state index contributed by atoms with van der Waals surface area (Å²) in [5.74, 6) is -0.844. The number of hydrogen-bond acceptors (Lipinski definition) is 2. The largest absolute Gasteiger partial charge is 0.366 e. The van der Waals surface area contributed by atoms with Crippen LogP contribution in [-0.4, -0.2) is 11.8 Å². The molecule has 3 N–H and O–H groups in total. The molecule has 0 heterocycles. The van der Waals surface area contributed by atoms with Gasteiger partial charge >= 0.3 is 0 Å². The molecule has 0 atom stereocenters. The van der Waals surface area contributed by atoms with E-state index in [9.17, 15) is 9.59 Å². The second-order valence-corrected chi connectivity index (χ2v) is 4.60. The molecule has 0 aromatic heterocycles. The summed E-state index contributed by atoms with van der Waals surface area (Å²) in [6.07, 6.45) is 1.78. The quantitative estimate of drug-likeness (QED) is 0.845. The van der Waals surface area contributed by atoms with Gasteiger partial charge in [-0.25, -0.2) is 0 Å². The zero-order chi connectivity index (χ0) is 15.2. The molecular formula is C17H16N2O2. The Morgan fingerprint density at radius 1 is 1.00 bits per heavy atom. The van der Waals surface area contributed by atoms with E-state index in [4.69, 9.17) is 5.73 Å². The molecule has 0 saturated heterocycles. The highest BCUT2D eigenvalue weighted by molar-refractivity contribution is 6.09. The van der Waals surface area contributed by atoms with Gasteiger partial charge in [-0.2, -0.15) is 0 Å². The summed E-state index contributed by atoms with van der Waals surface area (Å²) in [7, 11) is 0. The van der Waals surface area contributed by atoms with Crippen LogP contribution in [0.15, 0.2) is 60.2 Å². The van der Waals surface area contributed by atoms with Crippen molar-refractivity contribution in [2.75, 3.05) is 5.32 Å². The number of nitrogens with two attached hydrogens (primary N) is 1. The fourth-order valence-electron chi connectivity index (χ4n) is 1.89. The maximum absolute atomic E-state index is 12.2. The van der Waals surface area contributed by atoms with Gasteiger partial charge < -0.3 is 11.1 Å². The number of anilines is 1. The Kier molecular flexibility index (Phi) is 4.51. The van der Waals surface area contributed by atoms with Crippen LogP contribution < -0.4 is 11.1 Å². The zero-order valence-electron chi connectivity index (χ0n) is 11.7. The zero-order valence-corrected chi connectivity index (χ0v) is 11.7. The summed E-state index contributed by atoms with van der Waals surface area (Å²) >= 11 is 0. The Labute approximate surface area is 123 Å². The van der Waals surface area contributed by atoms with Crippen LogP contribution in [0.2, 0.25) is 0 Å². The lowest BCUT2D eigenvalue weighted by atomic mass is 10.1. The predicted octanol–water partition coefficient (Wildman–Crippen LogP) is 2.83. The lowest BCUT2D eigenvalue weighted by molar-refractivity contribution is -0.112. The summed E-state index contributed by atoms with van der Waals surface area (Å²) in [5, 5.41) is 2.70. The standard InChI is InChI=1S/C17H16N2O2/c1-12(11-13-7-3-2-4-8-13)17(21)19-15-10-6-5-9-14(15)16(18)20/h2-11H,1H3,(H2,18,20)(H,19,21)/b12-11-. The van der Waals surface area contributed by atoms with Crippen molar-refractivity contribution >= 4 is 23.6 Å².